The average molecular weight is 343 g/mol. The van der Waals surface area contributed by atoms with Gasteiger partial charge in [-0.05, 0) is 31.9 Å². The number of ether oxygens (including phenoxy) is 1. The Labute approximate surface area is 146 Å². The van der Waals surface area contributed by atoms with Crippen LogP contribution in [-0.2, 0) is 23.0 Å². The Hall–Kier alpha value is -2.89. The van der Waals surface area contributed by atoms with Gasteiger partial charge in [-0.15, -0.1) is 0 Å². The molecule has 0 aliphatic carbocycles. The van der Waals surface area contributed by atoms with Crippen molar-refractivity contribution >= 4 is 17.7 Å². The SMILES string of the molecule is CCOC(=O)Cc1c(C(=O)O)c(C)c(C(=O)c2ccccc2C)n1C. The first-order chi connectivity index (χ1) is 11.8. The quantitative estimate of drug-likeness (QED) is 0.644. The molecule has 0 atom stereocenters. The van der Waals surface area contributed by atoms with E-state index in [1.54, 1.807) is 33.0 Å². The number of carboxylic acids is 1. The van der Waals surface area contributed by atoms with Crippen LogP contribution in [0.5, 0.6) is 0 Å². The summed E-state index contributed by atoms with van der Waals surface area (Å²) in [5.41, 5.74) is 2.17. The van der Waals surface area contributed by atoms with Gasteiger partial charge < -0.3 is 14.4 Å². The highest BCUT2D eigenvalue weighted by Gasteiger charge is 2.29. The molecule has 25 heavy (non-hydrogen) atoms. The van der Waals surface area contributed by atoms with E-state index in [1.807, 2.05) is 19.1 Å². The van der Waals surface area contributed by atoms with Gasteiger partial charge in [0.2, 0.25) is 5.78 Å². The number of aromatic carboxylic acids is 1. The molecular formula is C19H21NO5. The second-order valence-electron chi connectivity index (χ2n) is 5.79. The van der Waals surface area contributed by atoms with Gasteiger partial charge >= 0.3 is 11.9 Å². The Kier molecular flexibility index (Phi) is 5.41. The van der Waals surface area contributed by atoms with Gasteiger partial charge in [-0.25, -0.2) is 4.79 Å². The predicted molar refractivity (Wildman–Crippen MR) is 92.1 cm³/mol. The normalized spacial score (nSPS) is 10.6. The van der Waals surface area contributed by atoms with E-state index in [2.05, 4.69) is 0 Å². The third-order valence-electron chi connectivity index (χ3n) is 4.19. The highest BCUT2D eigenvalue weighted by molar-refractivity contribution is 6.11. The second kappa shape index (κ2) is 7.34. The summed E-state index contributed by atoms with van der Waals surface area (Å²) in [4.78, 5) is 36.5. The Bertz CT molecular complexity index is 848. The van der Waals surface area contributed by atoms with Crippen LogP contribution in [0.3, 0.4) is 0 Å². The number of benzene rings is 1. The lowest BCUT2D eigenvalue weighted by atomic mass is 9.99. The Morgan fingerprint density at radius 1 is 1.16 bits per heavy atom. The fourth-order valence-corrected chi connectivity index (χ4v) is 3.01. The molecule has 0 unspecified atom stereocenters. The number of carboxylic acid groups (broad SMARTS) is 1. The number of ketones is 1. The second-order valence-corrected chi connectivity index (χ2v) is 5.79. The van der Waals surface area contributed by atoms with Crippen LogP contribution < -0.4 is 0 Å². The minimum absolute atomic E-state index is 0.0208. The van der Waals surface area contributed by atoms with Crippen molar-refractivity contribution in [2.45, 2.75) is 27.2 Å². The molecule has 132 valence electrons. The van der Waals surface area contributed by atoms with Crippen molar-refractivity contribution in [3.05, 3.63) is 57.9 Å². The van der Waals surface area contributed by atoms with E-state index in [-0.39, 0.29) is 35.8 Å². The largest absolute Gasteiger partial charge is 0.478 e. The van der Waals surface area contributed by atoms with Crippen LogP contribution in [0.2, 0.25) is 0 Å². The van der Waals surface area contributed by atoms with Crippen LogP contribution in [0.15, 0.2) is 24.3 Å². The third kappa shape index (κ3) is 3.47. The lowest BCUT2D eigenvalue weighted by Crippen LogP contribution is -2.15. The Balaban J connectivity index is 2.60. The molecule has 1 aromatic heterocycles. The van der Waals surface area contributed by atoms with Crippen LogP contribution in [0.1, 0.15) is 50.2 Å². The van der Waals surface area contributed by atoms with E-state index in [0.717, 1.165) is 5.56 Å². The molecule has 0 fully saturated rings. The van der Waals surface area contributed by atoms with Crippen LogP contribution in [0, 0.1) is 13.8 Å². The highest BCUT2D eigenvalue weighted by atomic mass is 16.5. The molecule has 0 amide bonds. The van der Waals surface area contributed by atoms with E-state index >= 15 is 0 Å². The molecular weight excluding hydrogens is 322 g/mol. The van der Waals surface area contributed by atoms with Gasteiger partial charge in [0.05, 0.1) is 24.3 Å². The van der Waals surface area contributed by atoms with Crippen LogP contribution in [0.25, 0.3) is 0 Å². The van der Waals surface area contributed by atoms with Gasteiger partial charge in [-0.2, -0.15) is 0 Å². The van der Waals surface area contributed by atoms with E-state index in [0.29, 0.717) is 11.1 Å². The van der Waals surface area contributed by atoms with Gasteiger partial charge in [0.1, 0.15) is 0 Å². The maximum Gasteiger partial charge on any atom is 0.337 e. The lowest BCUT2D eigenvalue weighted by Gasteiger charge is -2.09. The summed E-state index contributed by atoms with van der Waals surface area (Å²) in [5.74, 6) is -1.97. The van der Waals surface area contributed by atoms with Crippen LogP contribution in [0.4, 0.5) is 0 Å². The number of carbonyl (C=O) groups is 3. The Morgan fingerprint density at radius 3 is 2.36 bits per heavy atom. The number of aryl methyl sites for hydroxylation is 1. The standard InChI is InChI=1S/C19H21NO5/c1-5-25-15(21)10-14-16(19(23)24)12(3)17(20(14)4)18(22)13-9-7-6-8-11(13)2/h6-9H,5,10H2,1-4H3,(H,23,24). The molecule has 2 rings (SSSR count). The van der Waals surface area contributed by atoms with Gasteiger partial charge in [0.15, 0.2) is 0 Å². The minimum atomic E-state index is -1.17. The molecule has 0 radical (unpaired) electrons. The summed E-state index contributed by atoms with van der Waals surface area (Å²) in [5, 5.41) is 9.56. The van der Waals surface area contributed by atoms with Crippen molar-refractivity contribution < 1.29 is 24.2 Å². The first-order valence-electron chi connectivity index (χ1n) is 7.96. The fraction of sp³-hybridized carbons (Fsp3) is 0.316. The fourth-order valence-electron chi connectivity index (χ4n) is 3.01. The first kappa shape index (κ1) is 18.4. The zero-order valence-corrected chi connectivity index (χ0v) is 14.8. The summed E-state index contributed by atoms with van der Waals surface area (Å²) in [7, 11) is 1.60. The molecule has 0 aliphatic heterocycles. The van der Waals surface area contributed by atoms with Gasteiger partial charge in [-0.1, -0.05) is 24.3 Å². The lowest BCUT2D eigenvalue weighted by molar-refractivity contribution is -0.142. The van der Waals surface area contributed by atoms with Gasteiger partial charge in [-0.3, -0.25) is 9.59 Å². The number of aromatic nitrogens is 1. The van der Waals surface area contributed by atoms with Gasteiger partial charge in [0.25, 0.3) is 0 Å². The summed E-state index contributed by atoms with van der Waals surface area (Å²) >= 11 is 0. The molecule has 6 nitrogen and oxygen atoms in total. The van der Waals surface area contributed by atoms with Crippen molar-refractivity contribution in [3.63, 3.8) is 0 Å². The van der Waals surface area contributed by atoms with E-state index in [1.165, 1.54) is 4.57 Å². The molecule has 0 aliphatic rings. The number of carbonyl (C=O) groups excluding carboxylic acids is 2. The number of rotatable bonds is 6. The molecule has 0 bridgehead atoms. The summed E-state index contributed by atoms with van der Waals surface area (Å²) < 4.78 is 6.41. The number of hydrogen-bond donors (Lipinski definition) is 1. The zero-order chi connectivity index (χ0) is 18.7. The summed E-state index contributed by atoms with van der Waals surface area (Å²) in [6.07, 6.45) is -0.201. The molecule has 6 heteroatoms. The monoisotopic (exact) mass is 343 g/mol. The van der Waals surface area contributed by atoms with Crippen molar-refractivity contribution in [2.75, 3.05) is 6.61 Å². The number of hydrogen-bond acceptors (Lipinski definition) is 4. The molecule has 1 aromatic carbocycles. The molecule has 1 heterocycles. The van der Waals surface area contributed by atoms with Crippen molar-refractivity contribution in [1.29, 1.82) is 0 Å². The highest BCUT2D eigenvalue weighted by Crippen LogP contribution is 2.26. The first-order valence-corrected chi connectivity index (χ1v) is 7.96. The number of nitrogens with zero attached hydrogens (tertiary/aromatic N) is 1. The smallest absolute Gasteiger partial charge is 0.337 e. The number of esters is 1. The minimum Gasteiger partial charge on any atom is -0.478 e. The maximum atomic E-state index is 13.0. The average Bonchev–Trinajstić information content (AvgIpc) is 2.78. The van der Waals surface area contributed by atoms with Crippen molar-refractivity contribution in [2.24, 2.45) is 7.05 Å². The zero-order valence-electron chi connectivity index (χ0n) is 14.8. The van der Waals surface area contributed by atoms with E-state index in [4.69, 9.17) is 4.74 Å². The molecule has 0 saturated heterocycles. The molecule has 0 saturated carbocycles. The van der Waals surface area contributed by atoms with Crippen LogP contribution >= 0.6 is 0 Å². The van der Waals surface area contributed by atoms with Crippen LogP contribution in [-0.4, -0.2) is 34.0 Å². The van der Waals surface area contributed by atoms with Crippen molar-refractivity contribution in [3.8, 4) is 0 Å². The maximum absolute atomic E-state index is 13.0. The topological polar surface area (TPSA) is 85.6 Å². The summed E-state index contributed by atoms with van der Waals surface area (Å²) in [6.45, 7) is 5.30. The molecule has 1 N–H and O–H groups in total. The van der Waals surface area contributed by atoms with E-state index in [9.17, 15) is 19.5 Å². The Morgan fingerprint density at radius 2 is 1.80 bits per heavy atom. The molecule has 2 aromatic rings. The van der Waals surface area contributed by atoms with Gasteiger partial charge in [0, 0.05) is 18.3 Å². The summed E-state index contributed by atoms with van der Waals surface area (Å²) in [6, 6.07) is 7.12. The van der Waals surface area contributed by atoms with E-state index < -0.39 is 11.9 Å². The predicted octanol–water partition coefficient (Wildman–Crippen LogP) is 2.68. The van der Waals surface area contributed by atoms with Crippen molar-refractivity contribution in [1.82, 2.24) is 4.57 Å². The molecule has 0 spiro atoms. The third-order valence-corrected chi connectivity index (χ3v) is 4.19.